The molecule has 3 saturated heterocycles. The highest BCUT2D eigenvalue weighted by Gasteiger charge is 2.70. The monoisotopic (exact) mass is 913 g/mol. The van der Waals surface area contributed by atoms with Crippen LogP contribution in [0.25, 0.3) is 0 Å². The second-order valence-corrected chi connectivity index (χ2v) is 23.2. The molecular formula is C47H76O17. The van der Waals surface area contributed by atoms with Gasteiger partial charge in [-0.15, -0.1) is 0 Å². The van der Waals surface area contributed by atoms with Crippen molar-refractivity contribution in [1.82, 2.24) is 0 Å². The third kappa shape index (κ3) is 7.49. The Hall–Kier alpha value is -1.39. The molecule has 64 heavy (non-hydrogen) atoms. The number of carboxylic acid groups (broad SMARTS) is 1. The predicted molar refractivity (Wildman–Crippen MR) is 225 cm³/mol. The summed E-state index contributed by atoms with van der Waals surface area (Å²) >= 11 is 0. The first-order chi connectivity index (χ1) is 29.8. The van der Waals surface area contributed by atoms with Gasteiger partial charge in [-0.25, -0.2) is 4.79 Å². The number of carboxylic acids is 1. The number of hydrogen-bond acceptors (Lipinski definition) is 16. The van der Waals surface area contributed by atoms with E-state index in [1.54, 1.807) is 0 Å². The fourth-order valence-electron chi connectivity index (χ4n) is 14.8. The zero-order valence-electron chi connectivity index (χ0n) is 38.7. The van der Waals surface area contributed by atoms with Crippen molar-refractivity contribution < 1.29 is 84.3 Å². The fourth-order valence-corrected chi connectivity index (χ4v) is 14.8. The number of aliphatic hydroxyl groups is 9. The molecule has 0 radical (unpaired) electrons. The van der Waals surface area contributed by atoms with Crippen molar-refractivity contribution in [1.29, 1.82) is 0 Å². The number of fused-ring (bicyclic) bond motifs is 7. The summed E-state index contributed by atoms with van der Waals surface area (Å²) in [4.78, 5) is 12.4. The van der Waals surface area contributed by atoms with Crippen molar-refractivity contribution in [3.8, 4) is 0 Å². The van der Waals surface area contributed by atoms with Crippen molar-refractivity contribution in [2.45, 2.75) is 211 Å². The molecule has 0 amide bonds. The summed E-state index contributed by atoms with van der Waals surface area (Å²) in [6, 6.07) is 0. The molecule has 3 heterocycles. The number of carbonyl (C=O) groups is 1. The average molecular weight is 913 g/mol. The van der Waals surface area contributed by atoms with Crippen LogP contribution in [-0.2, 0) is 33.2 Å². The summed E-state index contributed by atoms with van der Waals surface area (Å²) in [5.41, 5.74) is 0.0868. The molecule has 7 unspecified atom stereocenters. The summed E-state index contributed by atoms with van der Waals surface area (Å²) in [6.07, 6.45) is -14.6. The van der Waals surface area contributed by atoms with E-state index in [1.165, 1.54) is 12.5 Å². The summed E-state index contributed by atoms with van der Waals surface area (Å²) in [5.74, 6) is -1.06. The van der Waals surface area contributed by atoms with Gasteiger partial charge in [-0.05, 0) is 104 Å². The Kier molecular flexibility index (Phi) is 13.0. The van der Waals surface area contributed by atoms with Crippen molar-refractivity contribution in [3.05, 3.63) is 11.6 Å². The van der Waals surface area contributed by atoms with Gasteiger partial charge in [0.25, 0.3) is 0 Å². The maximum Gasteiger partial charge on any atom is 0.335 e. The smallest absolute Gasteiger partial charge is 0.335 e. The second-order valence-electron chi connectivity index (χ2n) is 23.2. The van der Waals surface area contributed by atoms with Crippen LogP contribution in [0.3, 0.4) is 0 Å². The number of ether oxygens (including phenoxy) is 6. The molecule has 5 aliphatic carbocycles. The van der Waals surface area contributed by atoms with E-state index in [-0.39, 0.29) is 51.6 Å². The second kappa shape index (κ2) is 16.9. The predicted octanol–water partition coefficient (Wildman–Crippen LogP) is 1.34. The zero-order chi connectivity index (χ0) is 46.9. The van der Waals surface area contributed by atoms with Gasteiger partial charge in [-0.3, -0.25) is 0 Å². The average Bonchev–Trinajstić information content (AvgIpc) is 3.22. The molecule has 24 atom stereocenters. The van der Waals surface area contributed by atoms with Crippen LogP contribution in [0.5, 0.6) is 0 Å². The first-order valence-corrected chi connectivity index (χ1v) is 23.7. The van der Waals surface area contributed by atoms with Crippen molar-refractivity contribution >= 4 is 5.97 Å². The Bertz CT molecular complexity index is 1760. The molecule has 0 aromatic carbocycles. The summed E-state index contributed by atoms with van der Waals surface area (Å²) < 4.78 is 36.1. The Morgan fingerprint density at radius 1 is 0.703 bits per heavy atom. The van der Waals surface area contributed by atoms with Gasteiger partial charge in [0.1, 0.15) is 54.9 Å². The third-order valence-electron chi connectivity index (χ3n) is 19.1. The topological polar surface area (TPSA) is 275 Å². The Labute approximate surface area is 376 Å². The highest BCUT2D eigenvalue weighted by molar-refractivity contribution is 5.73. The van der Waals surface area contributed by atoms with Gasteiger partial charge in [0.15, 0.2) is 25.0 Å². The Morgan fingerprint density at radius 2 is 1.34 bits per heavy atom. The summed E-state index contributed by atoms with van der Waals surface area (Å²) in [6.45, 7) is 16.9. The minimum Gasteiger partial charge on any atom is -0.479 e. The number of allylic oxidation sites excluding steroid dienone is 2. The molecule has 17 heteroatoms. The van der Waals surface area contributed by atoms with Gasteiger partial charge >= 0.3 is 5.97 Å². The number of aliphatic hydroxyl groups excluding tert-OH is 9. The largest absolute Gasteiger partial charge is 0.479 e. The maximum absolute atomic E-state index is 12.4. The molecule has 0 spiro atoms. The van der Waals surface area contributed by atoms with Crippen molar-refractivity contribution in [2.24, 2.45) is 50.2 Å². The molecular weight excluding hydrogens is 837 g/mol. The number of hydrogen-bond donors (Lipinski definition) is 10. The SMILES string of the molecule is C[C@@H]1O[C@@H](O[C@H]2[C@H](OC3CCC4(C)C5CC=C6C7CC(C)(C)CC(O)C7(C)CC[C@@]6(C)C5(C)CC[C@H]4[C@@]3(C)CO)O[C@H](C(=O)O)[C@@H](O)[C@@H]2O)[C@H](O[C@@H]2OC[C@H](O)[C@H](O)[C@@H]2O)[C@H](O)[C@H]1O. The first-order valence-electron chi connectivity index (χ1n) is 23.7. The van der Waals surface area contributed by atoms with Gasteiger partial charge in [0.2, 0.25) is 0 Å². The molecule has 4 saturated carbocycles. The maximum atomic E-state index is 12.4. The third-order valence-corrected chi connectivity index (χ3v) is 19.1. The van der Waals surface area contributed by atoms with E-state index in [0.29, 0.717) is 18.8 Å². The first kappa shape index (κ1) is 49.0. The minimum atomic E-state index is -2.01. The molecule has 17 nitrogen and oxygen atoms in total. The van der Waals surface area contributed by atoms with Crippen molar-refractivity contribution in [3.63, 3.8) is 0 Å². The van der Waals surface area contributed by atoms with E-state index in [1.807, 2.05) is 6.92 Å². The van der Waals surface area contributed by atoms with Crippen LogP contribution in [-0.4, -0.2) is 168 Å². The lowest BCUT2D eigenvalue weighted by Gasteiger charge is -2.72. The highest BCUT2D eigenvalue weighted by atomic mass is 16.8. The van der Waals surface area contributed by atoms with Crippen LogP contribution in [0.2, 0.25) is 0 Å². The van der Waals surface area contributed by atoms with Crippen LogP contribution >= 0.6 is 0 Å². The quantitative estimate of drug-likeness (QED) is 0.122. The van der Waals surface area contributed by atoms with E-state index in [2.05, 4.69) is 47.6 Å². The van der Waals surface area contributed by atoms with Crippen molar-refractivity contribution in [2.75, 3.05) is 13.2 Å². The molecule has 10 N–H and O–H groups in total. The standard InChI is InChI=1S/C47H76O17/c1-21-29(51)31(53)36(63-39-34(56)30(52)24(49)19-59-39)40(60-21)64-37-33(55)32(54)35(38(57)58)62-41(37)61-28-12-13-44(5)25(45(28,6)20-48)11-14-47(8)26(44)10-9-22-23-17-42(2,3)18-27(50)43(23,4)15-16-46(22,47)7/h9,21,23-37,39-41,48-56H,10-20H2,1-8H3,(H,57,58)/t21-,23?,24-,25+,26?,27?,28?,29-,30-,31+,32-,33-,34-,35-,36+,37+,39-,40-,41+,43?,44?,45+,46+,47?/m0/s1. The lowest BCUT2D eigenvalue weighted by Crippen LogP contribution is -2.68. The van der Waals surface area contributed by atoms with Gasteiger partial charge < -0.3 is 79.5 Å². The Balaban J connectivity index is 1.07. The molecule has 366 valence electrons. The summed E-state index contributed by atoms with van der Waals surface area (Å²) in [7, 11) is 0. The van der Waals surface area contributed by atoms with Crippen LogP contribution < -0.4 is 0 Å². The van der Waals surface area contributed by atoms with Crippen LogP contribution in [0.4, 0.5) is 0 Å². The van der Waals surface area contributed by atoms with E-state index < -0.39 is 110 Å². The molecule has 0 aromatic rings. The molecule has 0 bridgehead atoms. The van der Waals surface area contributed by atoms with Crippen LogP contribution in [0.15, 0.2) is 11.6 Å². The Morgan fingerprint density at radius 3 is 2.00 bits per heavy atom. The lowest BCUT2D eigenvalue weighted by molar-refractivity contribution is -0.391. The highest BCUT2D eigenvalue weighted by Crippen LogP contribution is 2.76. The minimum absolute atomic E-state index is 0.0282. The van der Waals surface area contributed by atoms with Gasteiger partial charge in [-0.2, -0.15) is 0 Å². The molecule has 8 rings (SSSR count). The molecule has 3 aliphatic heterocycles. The van der Waals surface area contributed by atoms with Crippen LogP contribution in [0.1, 0.15) is 113 Å². The molecule has 0 aromatic heterocycles. The number of aliphatic carboxylic acids is 1. The number of rotatable bonds is 8. The lowest BCUT2D eigenvalue weighted by atomic mass is 9.33. The van der Waals surface area contributed by atoms with E-state index in [4.69, 9.17) is 28.4 Å². The van der Waals surface area contributed by atoms with Crippen LogP contribution in [0, 0.1) is 50.2 Å². The normalized spacial score (nSPS) is 56.1. The molecule has 7 fully saturated rings. The summed E-state index contributed by atoms with van der Waals surface area (Å²) in [5, 5.41) is 109. The van der Waals surface area contributed by atoms with E-state index >= 15 is 0 Å². The molecule has 8 aliphatic rings. The fraction of sp³-hybridized carbons (Fsp3) is 0.936. The van der Waals surface area contributed by atoms with E-state index in [0.717, 1.165) is 44.9 Å². The van der Waals surface area contributed by atoms with E-state index in [9.17, 15) is 55.9 Å². The van der Waals surface area contributed by atoms with Gasteiger partial charge in [0, 0.05) is 10.8 Å². The van der Waals surface area contributed by atoms with Gasteiger partial charge in [0.05, 0.1) is 31.5 Å². The zero-order valence-corrected chi connectivity index (χ0v) is 38.7. The van der Waals surface area contributed by atoms with Gasteiger partial charge in [-0.1, -0.05) is 60.1 Å².